The lowest BCUT2D eigenvalue weighted by Crippen LogP contribution is -2.31. The van der Waals surface area contributed by atoms with Crippen LogP contribution in [0.3, 0.4) is 0 Å². The number of hydrogen-bond acceptors (Lipinski definition) is 2. The zero-order valence-electron chi connectivity index (χ0n) is 7.18. The Bertz CT molecular complexity index is 108. The molecule has 0 heterocycles. The van der Waals surface area contributed by atoms with Crippen molar-refractivity contribution in [2.75, 3.05) is 14.2 Å². The Kier molecular flexibility index (Phi) is 4.60. The van der Waals surface area contributed by atoms with E-state index in [4.69, 9.17) is 9.47 Å². The maximum Gasteiger partial charge on any atom is 0.158 e. The molecule has 0 aromatic carbocycles. The summed E-state index contributed by atoms with van der Waals surface area (Å²) in [7, 11) is 4.18. The van der Waals surface area contributed by atoms with Gasteiger partial charge < -0.3 is 9.47 Å². The number of methoxy groups -OCH3 is 2. The van der Waals surface area contributed by atoms with Crippen LogP contribution in [0, 0.1) is 0 Å². The molecule has 0 fully saturated rings. The average Bonchev–Trinajstić information content (AvgIpc) is 2.00. The van der Waals surface area contributed by atoms with E-state index in [0.29, 0.717) is 0 Å². The van der Waals surface area contributed by atoms with Crippen LogP contribution in [0.5, 0.6) is 0 Å². The summed E-state index contributed by atoms with van der Waals surface area (Å²) in [4.78, 5) is 0. The van der Waals surface area contributed by atoms with Crippen molar-refractivity contribution in [1.29, 1.82) is 0 Å². The first-order chi connectivity index (χ1) is 4.68. The highest BCUT2D eigenvalue weighted by atomic mass is 28.1. The lowest BCUT2D eigenvalue weighted by atomic mass is 10.4. The molecule has 0 unspecified atom stereocenters. The summed E-state index contributed by atoms with van der Waals surface area (Å²) in [5.74, 6) is 0. The third kappa shape index (κ3) is 3.15. The van der Waals surface area contributed by atoms with Gasteiger partial charge in [0.15, 0.2) is 5.41 Å². The number of rotatable bonds is 4. The number of allylic oxidation sites excluding steroid dienone is 1. The smallest absolute Gasteiger partial charge is 0.158 e. The van der Waals surface area contributed by atoms with Crippen molar-refractivity contribution in [3.8, 4) is 0 Å². The Morgan fingerprint density at radius 3 is 2.20 bits per heavy atom. The van der Waals surface area contributed by atoms with E-state index in [1.165, 1.54) is 0 Å². The molecule has 60 valence electrons. The van der Waals surface area contributed by atoms with Crippen LogP contribution in [0.1, 0.15) is 13.3 Å². The van der Waals surface area contributed by atoms with Crippen LogP contribution in [0.15, 0.2) is 12.2 Å². The maximum absolute atomic E-state index is 5.14. The molecule has 0 saturated carbocycles. The molecule has 0 aliphatic rings. The van der Waals surface area contributed by atoms with E-state index in [9.17, 15) is 0 Å². The van der Waals surface area contributed by atoms with Crippen molar-refractivity contribution >= 4 is 10.2 Å². The minimum atomic E-state index is -0.407. The van der Waals surface area contributed by atoms with Gasteiger partial charge in [-0.3, -0.25) is 0 Å². The molecule has 0 N–H and O–H groups in total. The summed E-state index contributed by atoms with van der Waals surface area (Å²) in [6.45, 7) is 2.09. The van der Waals surface area contributed by atoms with Gasteiger partial charge in [0.2, 0.25) is 0 Å². The average molecular weight is 160 g/mol. The Hall–Kier alpha value is -0.123. The molecule has 0 aliphatic carbocycles. The van der Waals surface area contributed by atoms with Gasteiger partial charge >= 0.3 is 0 Å². The topological polar surface area (TPSA) is 18.5 Å². The highest BCUT2D eigenvalue weighted by Crippen LogP contribution is 2.07. The molecule has 10 heavy (non-hydrogen) atoms. The first-order valence-corrected chi connectivity index (χ1v) is 4.46. The highest BCUT2D eigenvalue weighted by molar-refractivity contribution is 6.14. The van der Waals surface area contributed by atoms with Crippen molar-refractivity contribution in [3.63, 3.8) is 0 Å². The Morgan fingerprint density at radius 2 is 1.90 bits per heavy atom. The first kappa shape index (κ1) is 9.88. The standard InChI is InChI=1S/C7H16O2Si/c1-4-5-6-7(10,8-2)9-3/h5-6H,4H2,1-3,10H3. The van der Waals surface area contributed by atoms with Crippen LogP contribution in [0.2, 0.25) is 0 Å². The highest BCUT2D eigenvalue weighted by Gasteiger charge is 2.16. The molecule has 0 aromatic heterocycles. The summed E-state index contributed by atoms with van der Waals surface area (Å²) in [5.41, 5.74) is -0.407. The van der Waals surface area contributed by atoms with Gasteiger partial charge in [0.05, 0.1) is 10.2 Å². The normalized spacial score (nSPS) is 13.1. The van der Waals surface area contributed by atoms with E-state index in [0.717, 1.165) is 16.7 Å². The quantitative estimate of drug-likeness (QED) is 0.334. The summed E-state index contributed by atoms with van der Waals surface area (Å²) in [6, 6.07) is 0. The van der Waals surface area contributed by atoms with E-state index in [2.05, 4.69) is 13.0 Å². The van der Waals surface area contributed by atoms with Gasteiger partial charge in [0, 0.05) is 14.2 Å². The van der Waals surface area contributed by atoms with Crippen molar-refractivity contribution < 1.29 is 9.47 Å². The second-order valence-electron chi connectivity index (χ2n) is 2.23. The van der Waals surface area contributed by atoms with Crippen molar-refractivity contribution in [1.82, 2.24) is 0 Å². The molecule has 0 amide bonds. The zero-order chi connectivity index (χ0) is 8.04. The molecular weight excluding hydrogens is 144 g/mol. The van der Waals surface area contributed by atoms with Gasteiger partial charge in [0.25, 0.3) is 0 Å². The molecule has 0 radical (unpaired) electrons. The number of hydrogen-bond donors (Lipinski definition) is 0. The molecule has 0 saturated heterocycles. The van der Waals surface area contributed by atoms with Gasteiger partial charge in [0.1, 0.15) is 0 Å². The second kappa shape index (κ2) is 4.66. The van der Waals surface area contributed by atoms with Crippen LogP contribution in [-0.4, -0.2) is 29.9 Å². The monoisotopic (exact) mass is 160 g/mol. The Morgan fingerprint density at radius 1 is 1.40 bits per heavy atom. The van der Waals surface area contributed by atoms with Crippen molar-refractivity contribution in [3.05, 3.63) is 12.2 Å². The molecule has 0 rings (SSSR count). The molecule has 0 aliphatic heterocycles. The predicted molar refractivity (Wildman–Crippen MR) is 46.1 cm³/mol. The zero-order valence-corrected chi connectivity index (χ0v) is 9.18. The van der Waals surface area contributed by atoms with Crippen LogP contribution in [0.25, 0.3) is 0 Å². The molecule has 0 spiro atoms. The molecular formula is C7H16O2Si. The summed E-state index contributed by atoms with van der Waals surface area (Å²) >= 11 is 0. The van der Waals surface area contributed by atoms with Crippen molar-refractivity contribution in [2.24, 2.45) is 0 Å². The fourth-order valence-electron chi connectivity index (χ4n) is 0.551. The molecule has 0 aromatic rings. The van der Waals surface area contributed by atoms with Gasteiger partial charge in [-0.25, -0.2) is 0 Å². The van der Waals surface area contributed by atoms with Crippen LogP contribution >= 0.6 is 0 Å². The van der Waals surface area contributed by atoms with Crippen LogP contribution in [-0.2, 0) is 9.47 Å². The van der Waals surface area contributed by atoms with E-state index in [-0.39, 0.29) is 0 Å². The van der Waals surface area contributed by atoms with Gasteiger partial charge in [-0.05, 0) is 12.5 Å². The minimum absolute atomic E-state index is 0.407. The van der Waals surface area contributed by atoms with Gasteiger partial charge in [-0.1, -0.05) is 13.0 Å². The molecule has 2 nitrogen and oxygen atoms in total. The third-order valence-electron chi connectivity index (χ3n) is 1.47. The largest absolute Gasteiger partial charge is 0.354 e. The third-order valence-corrected chi connectivity index (χ3v) is 2.62. The predicted octanol–water partition coefficient (Wildman–Crippen LogP) is 0.265. The fourth-order valence-corrected chi connectivity index (χ4v) is 0.787. The summed E-state index contributed by atoms with van der Waals surface area (Å²) in [6.07, 6.45) is 5.05. The molecule has 3 heteroatoms. The van der Waals surface area contributed by atoms with E-state index >= 15 is 0 Å². The lowest BCUT2D eigenvalue weighted by molar-refractivity contribution is -0.105. The maximum atomic E-state index is 5.14. The molecule has 0 bridgehead atoms. The van der Waals surface area contributed by atoms with E-state index in [1.54, 1.807) is 14.2 Å². The van der Waals surface area contributed by atoms with Crippen LogP contribution < -0.4 is 0 Å². The van der Waals surface area contributed by atoms with E-state index < -0.39 is 5.41 Å². The van der Waals surface area contributed by atoms with Gasteiger partial charge in [-0.2, -0.15) is 0 Å². The molecule has 0 atom stereocenters. The summed E-state index contributed by atoms with van der Waals surface area (Å²) < 4.78 is 10.3. The van der Waals surface area contributed by atoms with E-state index in [1.807, 2.05) is 6.08 Å². The Labute approximate surface area is 65.6 Å². The van der Waals surface area contributed by atoms with Crippen molar-refractivity contribution in [2.45, 2.75) is 18.8 Å². The lowest BCUT2D eigenvalue weighted by Gasteiger charge is -2.22. The van der Waals surface area contributed by atoms with Crippen LogP contribution in [0.4, 0.5) is 0 Å². The number of ether oxygens (including phenoxy) is 2. The SMILES string of the molecule is CCC=CC([SiH3])(OC)OC. The minimum Gasteiger partial charge on any atom is -0.354 e. The first-order valence-electron chi connectivity index (χ1n) is 3.46. The Balaban J connectivity index is 3.92. The van der Waals surface area contributed by atoms with Gasteiger partial charge in [-0.15, -0.1) is 0 Å². The second-order valence-corrected chi connectivity index (χ2v) is 3.63. The summed E-state index contributed by atoms with van der Waals surface area (Å²) in [5, 5.41) is 0. The fraction of sp³-hybridized carbons (Fsp3) is 0.714.